The zero-order valence-electron chi connectivity index (χ0n) is 18.0. The van der Waals surface area contributed by atoms with Crippen molar-refractivity contribution in [1.29, 1.82) is 0 Å². The molecule has 6 heteroatoms. The molecule has 31 heavy (non-hydrogen) atoms. The molecule has 1 aliphatic heterocycles. The van der Waals surface area contributed by atoms with Crippen LogP contribution in [0.3, 0.4) is 0 Å². The predicted octanol–water partition coefficient (Wildman–Crippen LogP) is 3.30. The van der Waals surface area contributed by atoms with Crippen LogP contribution in [0.5, 0.6) is 5.75 Å². The van der Waals surface area contributed by atoms with Crippen LogP contribution in [-0.4, -0.2) is 47.8 Å². The van der Waals surface area contributed by atoms with Crippen molar-refractivity contribution in [3.05, 3.63) is 65.5 Å². The first-order valence-electron chi connectivity index (χ1n) is 10.9. The smallest absolute Gasteiger partial charge is 0.229 e. The molecule has 1 amide bonds. The lowest BCUT2D eigenvalue weighted by Crippen LogP contribution is -2.47. The van der Waals surface area contributed by atoms with Gasteiger partial charge in [-0.3, -0.25) is 4.79 Å². The summed E-state index contributed by atoms with van der Waals surface area (Å²) >= 11 is 0. The van der Waals surface area contributed by atoms with E-state index in [1.54, 1.807) is 30.2 Å². The summed E-state index contributed by atoms with van der Waals surface area (Å²) in [5.41, 5.74) is -0.331. The van der Waals surface area contributed by atoms with Crippen molar-refractivity contribution in [2.24, 2.45) is 17.8 Å². The fraction of sp³-hybridized carbons (Fsp3) is 0.480. The molecule has 0 unspecified atom stereocenters. The number of likely N-dealkylation sites (tertiary alicyclic amines) is 1. The van der Waals surface area contributed by atoms with E-state index in [4.69, 9.17) is 4.74 Å². The van der Waals surface area contributed by atoms with Gasteiger partial charge in [0.2, 0.25) is 5.91 Å². The number of methoxy groups -OCH3 is 1. The Morgan fingerprint density at radius 1 is 1.23 bits per heavy atom. The number of halogens is 1. The summed E-state index contributed by atoms with van der Waals surface area (Å²) in [6.45, 7) is 2.66. The standard InChI is InChI=1S/C25H30FNO4/c1-16(19-7-3-6-10-23(19)31-2)24(29)27-13-18-11-17(15-28)12-25(30,21(18)14-27)20-8-4-5-9-22(20)26/h3-10,16-18,21,28,30H,11-15H2,1-2H3/t16-,17+,18-,21+,25+/m0/s1. The number of benzene rings is 2. The first-order valence-corrected chi connectivity index (χ1v) is 10.9. The maximum atomic E-state index is 14.7. The van der Waals surface area contributed by atoms with Crippen LogP contribution in [0, 0.1) is 23.6 Å². The van der Waals surface area contributed by atoms with E-state index in [1.807, 2.05) is 31.2 Å². The van der Waals surface area contributed by atoms with E-state index in [2.05, 4.69) is 0 Å². The molecule has 1 heterocycles. The van der Waals surface area contributed by atoms with Gasteiger partial charge in [-0.25, -0.2) is 4.39 Å². The number of fused-ring (bicyclic) bond motifs is 1. The summed E-state index contributed by atoms with van der Waals surface area (Å²) in [7, 11) is 1.59. The Balaban J connectivity index is 1.62. The third-order valence-corrected chi connectivity index (χ3v) is 7.18. The number of para-hydroxylation sites is 1. The van der Waals surface area contributed by atoms with E-state index in [9.17, 15) is 19.4 Å². The first-order chi connectivity index (χ1) is 14.9. The Morgan fingerprint density at radius 2 is 1.94 bits per heavy atom. The average molecular weight is 428 g/mol. The van der Waals surface area contributed by atoms with Gasteiger partial charge in [0.1, 0.15) is 11.6 Å². The number of hydrogen-bond acceptors (Lipinski definition) is 4. The van der Waals surface area contributed by atoms with Crippen LogP contribution >= 0.6 is 0 Å². The molecule has 0 aromatic heterocycles. The van der Waals surface area contributed by atoms with Crippen LogP contribution in [0.25, 0.3) is 0 Å². The maximum Gasteiger partial charge on any atom is 0.229 e. The van der Waals surface area contributed by atoms with Gasteiger partial charge < -0.3 is 19.8 Å². The lowest BCUT2D eigenvalue weighted by atomic mass is 9.64. The summed E-state index contributed by atoms with van der Waals surface area (Å²) in [6, 6.07) is 13.8. The number of aliphatic hydroxyl groups excluding tert-OH is 1. The van der Waals surface area contributed by atoms with Crippen LogP contribution < -0.4 is 4.74 Å². The summed E-state index contributed by atoms with van der Waals surface area (Å²) in [5, 5.41) is 21.6. The van der Waals surface area contributed by atoms with Crippen LogP contribution in [0.4, 0.5) is 4.39 Å². The molecule has 1 aliphatic carbocycles. The average Bonchev–Trinajstić information content (AvgIpc) is 3.23. The lowest BCUT2D eigenvalue weighted by molar-refractivity contribution is -0.132. The van der Waals surface area contributed by atoms with E-state index in [-0.39, 0.29) is 42.3 Å². The van der Waals surface area contributed by atoms with Crippen LogP contribution in [-0.2, 0) is 10.4 Å². The fourth-order valence-electron chi connectivity index (χ4n) is 5.63. The molecule has 0 bridgehead atoms. The SMILES string of the molecule is COc1ccccc1[C@H](C)C(=O)N1C[C@@H]2C[C@@H](CO)C[C@@](O)(c3ccccc3F)[C@@H]2C1. The molecule has 5 atom stereocenters. The summed E-state index contributed by atoms with van der Waals surface area (Å²) < 4.78 is 20.1. The molecular formula is C25H30FNO4. The minimum Gasteiger partial charge on any atom is -0.496 e. The molecule has 166 valence electrons. The van der Waals surface area contributed by atoms with Crippen molar-refractivity contribution >= 4 is 5.91 Å². The van der Waals surface area contributed by atoms with E-state index in [1.165, 1.54) is 6.07 Å². The molecule has 2 N–H and O–H groups in total. The van der Waals surface area contributed by atoms with Gasteiger partial charge in [-0.05, 0) is 43.7 Å². The highest BCUT2D eigenvalue weighted by molar-refractivity contribution is 5.84. The predicted molar refractivity (Wildman–Crippen MR) is 115 cm³/mol. The monoisotopic (exact) mass is 427 g/mol. The molecule has 2 fully saturated rings. The molecule has 0 radical (unpaired) electrons. The first kappa shape index (κ1) is 21.8. The topological polar surface area (TPSA) is 70.0 Å². The highest BCUT2D eigenvalue weighted by atomic mass is 19.1. The van der Waals surface area contributed by atoms with Gasteiger partial charge in [-0.15, -0.1) is 0 Å². The summed E-state index contributed by atoms with van der Waals surface area (Å²) in [4.78, 5) is 15.2. The van der Waals surface area contributed by atoms with Gasteiger partial charge in [0, 0.05) is 36.7 Å². The zero-order valence-corrected chi connectivity index (χ0v) is 18.0. The van der Waals surface area contributed by atoms with Crippen molar-refractivity contribution in [3.8, 4) is 5.75 Å². The molecule has 0 spiro atoms. The Bertz CT molecular complexity index is 951. The van der Waals surface area contributed by atoms with E-state index < -0.39 is 17.3 Å². The van der Waals surface area contributed by atoms with Gasteiger partial charge in [-0.1, -0.05) is 36.4 Å². The van der Waals surface area contributed by atoms with E-state index in [0.29, 0.717) is 25.3 Å². The number of nitrogens with zero attached hydrogens (tertiary/aromatic N) is 1. The Kier molecular flexibility index (Phi) is 6.04. The van der Waals surface area contributed by atoms with Gasteiger partial charge in [0.15, 0.2) is 0 Å². The number of amides is 1. The molecule has 2 aromatic carbocycles. The van der Waals surface area contributed by atoms with Crippen LogP contribution in [0.2, 0.25) is 0 Å². The number of rotatable bonds is 5. The molecule has 5 nitrogen and oxygen atoms in total. The van der Waals surface area contributed by atoms with Crippen LogP contribution in [0.1, 0.15) is 36.8 Å². The van der Waals surface area contributed by atoms with Crippen molar-refractivity contribution in [2.45, 2.75) is 31.3 Å². The maximum absolute atomic E-state index is 14.7. The molecule has 4 rings (SSSR count). The van der Waals surface area contributed by atoms with Crippen molar-refractivity contribution in [1.82, 2.24) is 4.90 Å². The second kappa shape index (κ2) is 8.60. The Morgan fingerprint density at radius 3 is 2.65 bits per heavy atom. The van der Waals surface area contributed by atoms with Crippen molar-refractivity contribution < 1.29 is 24.1 Å². The number of carbonyl (C=O) groups excluding carboxylic acids is 1. The zero-order chi connectivity index (χ0) is 22.2. The number of hydrogen-bond donors (Lipinski definition) is 2. The highest BCUT2D eigenvalue weighted by Gasteiger charge is 2.54. The molecular weight excluding hydrogens is 397 g/mol. The van der Waals surface area contributed by atoms with Gasteiger partial charge in [-0.2, -0.15) is 0 Å². The molecule has 1 saturated heterocycles. The number of aliphatic hydroxyl groups is 2. The second-order valence-electron chi connectivity index (χ2n) is 8.97. The molecule has 1 saturated carbocycles. The minimum absolute atomic E-state index is 0.00400. The molecule has 2 aliphatic rings. The van der Waals surface area contributed by atoms with Crippen molar-refractivity contribution in [3.63, 3.8) is 0 Å². The van der Waals surface area contributed by atoms with Crippen molar-refractivity contribution in [2.75, 3.05) is 26.8 Å². The Labute approximate surface area is 182 Å². The largest absolute Gasteiger partial charge is 0.496 e. The highest BCUT2D eigenvalue weighted by Crippen LogP contribution is 2.51. The third kappa shape index (κ3) is 3.83. The second-order valence-corrected chi connectivity index (χ2v) is 8.97. The summed E-state index contributed by atoms with van der Waals surface area (Å²) in [6.07, 6.45) is 1.00. The van der Waals surface area contributed by atoms with Gasteiger partial charge in [0.05, 0.1) is 18.6 Å². The lowest BCUT2D eigenvalue weighted by Gasteiger charge is -2.44. The quantitative estimate of drug-likeness (QED) is 0.768. The van der Waals surface area contributed by atoms with Gasteiger partial charge in [0.25, 0.3) is 0 Å². The van der Waals surface area contributed by atoms with E-state index in [0.717, 1.165) is 5.56 Å². The third-order valence-electron chi connectivity index (χ3n) is 7.18. The minimum atomic E-state index is -1.41. The van der Waals surface area contributed by atoms with Crippen LogP contribution in [0.15, 0.2) is 48.5 Å². The Hall–Kier alpha value is -2.44. The van der Waals surface area contributed by atoms with E-state index >= 15 is 0 Å². The normalized spacial score (nSPS) is 28.8. The fourth-order valence-corrected chi connectivity index (χ4v) is 5.63. The number of ether oxygens (including phenoxy) is 1. The molecule has 2 aromatic rings. The number of carbonyl (C=O) groups is 1. The summed E-state index contributed by atoms with van der Waals surface area (Å²) in [5.74, 6) is -0.614. The van der Waals surface area contributed by atoms with Gasteiger partial charge >= 0.3 is 0 Å².